The van der Waals surface area contributed by atoms with Gasteiger partial charge in [-0.05, 0) is 49.6 Å². The zero-order valence-electron chi connectivity index (χ0n) is 16.4. The third-order valence-corrected chi connectivity index (χ3v) is 5.62. The van der Waals surface area contributed by atoms with E-state index in [1.54, 1.807) is 0 Å². The van der Waals surface area contributed by atoms with Gasteiger partial charge in [-0.1, -0.05) is 23.7 Å². The summed E-state index contributed by atoms with van der Waals surface area (Å²) in [5.74, 6) is -1.61. The Morgan fingerprint density at radius 1 is 1.10 bits per heavy atom. The fourth-order valence-corrected chi connectivity index (χ4v) is 3.95. The highest BCUT2D eigenvalue weighted by Gasteiger charge is 2.23. The molecule has 1 N–H and O–H groups in total. The smallest absolute Gasteiger partial charge is 0.292 e. The van der Waals surface area contributed by atoms with Gasteiger partial charge in [0.05, 0.1) is 11.9 Å². The van der Waals surface area contributed by atoms with Crippen molar-refractivity contribution in [3.8, 4) is 5.69 Å². The topological polar surface area (TPSA) is 50.2 Å². The normalized spacial score (nSPS) is 14.7. The number of anilines is 2. The summed E-state index contributed by atoms with van der Waals surface area (Å²) < 4.78 is 28.1. The molecule has 156 valence electrons. The number of nitrogens with zero attached hydrogens (tertiary/aromatic N) is 3. The molecule has 2 heterocycles. The summed E-state index contributed by atoms with van der Waals surface area (Å²) in [4.78, 5) is 14.7. The van der Waals surface area contributed by atoms with Gasteiger partial charge in [0, 0.05) is 30.9 Å². The van der Waals surface area contributed by atoms with Crippen LogP contribution in [0.3, 0.4) is 0 Å². The molecule has 30 heavy (non-hydrogen) atoms. The molecule has 1 aliphatic rings. The highest BCUT2D eigenvalue weighted by Crippen LogP contribution is 2.26. The van der Waals surface area contributed by atoms with E-state index < -0.39 is 17.2 Å². The van der Waals surface area contributed by atoms with E-state index in [1.807, 2.05) is 17.0 Å². The van der Waals surface area contributed by atoms with Gasteiger partial charge in [-0.15, -0.1) is 0 Å². The van der Waals surface area contributed by atoms with E-state index in [0.717, 1.165) is 35.3 Å². The summed E-state index contributed by atoms with van der Waals surface area (Å²) in [7, 11) is 0. The molecule has 0 aliphatic carbocycles. The Labute approximate surface area is 177 Å². The fourth-order valence-electron chi connectivity index (χ4n) is 3.70. The lowest BCUT2D eigenvalue weighted by Gasteiger charge is -2.34. The first-order valence-electron chi connectivity index (χ1n) is 9.74. The van der Waals surface area contributed by atoms with Crippen molar-refractivity contribution >= 4 is 23.0 Å². The van der Waals surface area contributed by atoms with E-state index in [1.165, 1.54) is 11.8 Å². The third kappa shape index (κ3) is 4.16. The molecule has 0 amide bonds. The molecule has 5 nitrogen and oxygen atoms in total. The molecule has 1 aromatic heterocycles. The molecule has 0 unspecified atom stereocenters. The van der Waals surface area contributed by atoms with Gasteiger partial charge in [-0.25, -0.2) is 8.78 Å². The maximum atomic E-state index is 14.0. The minimum absolute atomic E-state index is 0.0289. The molecular formula is C22H21ClF2N4O. The summed E-state index contributed by atoms with van der Waals surface area (Å²) in [6.07, 6.45) is 3.21. The molecule has 0 saturated carbocycles. The van der Waals surface area contributed by atoms with Crippen LogP contribution in [0.25, 0.3) is 5.69 Å². The van der Waals surface area contributed by atoms with Crippen LogP contribution in [0.5, 0.6) is 0 Å². The monoisotopic (exact) mass is 430 g/mol. The van der Waals surface area contributed by atoms with E-state index in [9.17, 15) is 13.6 Å². The quantitative estimate of drug-likeness (QED) is 0.659. The number of hydrogen-bond acceptors (Lipinski definition) is 4. The van der Waals surface area contributed by atoms with Gasteiger partial charge in [0.25, 0.3) is 5.56 Å². The van der Waals surface area contributed by atoms with Crippen molar-refractivity contribution in [2.24, 2.45) is 0 Å². The molecule has 0 spiro atoms. The molecule has 2 aromatic carbocycles. The Kier molecular flexibility index (Phi) is 5.72. The lowest BCUT2D eigenvalue weighted by atomic mass is 10.0. The maximum Gasteiger partial charge on any atom is 0.292 e. The van der Waals surface area contributed by atoms with Crippen LogP contribution < -0.4 is 15.8 Å². The summed E-state index contributed by atoms with van der Waals surface area (Å²) in [5.41, 5.74) is 2.04. The standard InChI is InChI=1S/C22H21ClF2N4O/c1-14-3-2-4-17(11-14)27-16-7-9-28(10-8-16)20-13-26-29(22(30)21(20)23)19-6-5-15(24)12-18(19)25/h2-6,11-13,16,27H,7-10H2,1H3. The number of piperidine rings is 1. The number of hydrogen-bond donors (Lipinski definition) is 1. The van der Waals surface area contributed by atoms with Crippen molar-refractivity contribution in [2.75, 3.05) is 23.3 Å². The van der Waals surface area contributed by atoms with E-state index in [0.29, 0.717) is 30.9 Å². The van der Waals surface area contributed by atoms with Gasteiger partial charge in [-0.2, -0.15) is 9.78 Å². The van der Waals surface area contributed by atoms with Crippen molar-refractivity contribution in [3.63, 3.8) is 0 Å². The molecule has 0 atom stereocenters. The summed E-state index contributed by atoms with van der Waals surface area (Å²) in [6, 6.07) is 11.5. The molecule has 0 bridgehead atoms. The van der Waals surface area contributed by atoms with Crippen LogP contribution >= 0.6 is 11.6 Å². The van der Waals surface area contributed by atoms with Crippen LogP contribution in [0, 0.1) is 18.6 Å². The van der Waals surface area contributed by atoms with E-state index in [-0.39, 0.29) is 10.7 Å². The average molecular weight is 431 g/mol. The van der Waals surface area contributed by atoms with Gasteiger partial charge < -0.3 is 10.2 Å². The lowest BCUT2D eigenvalue weighted by Crippen LogP contribution is -2.40. The third-order valence-electron chi connectivity index (χ3n) is 5.26. The van der Waals surface area contributed by atoms with E-state index in [2.05, 4.69) is 29.5 Å². The van der Waals surface area contributed by atoms with Gasteiger partial charge >= 0.3 is 0 Å². The zero-order valence-corrected chi connectivity index (χ0v) is 17.2. The van der Waals surface area contributed by atoms with Crippen LogP contribution in [-0.2, 0) is 0 Å². The maximum absolute atomic E-state index is 14.0. The number of aryl methyl sites for hydroxylation is 1. The largest absolute Gasteiger partial charge is 0.382 e. The molecule has 0 radical (unpaired) electrons. The van der Waals surface area contributed by atoms with Crippen LogP contribution in [0.15, 0.2) is 53.5 Å². The van der Waals surface area contributed by atoms with Crippen molar-refractivity contribution in [2.45, 2.75) is 25.8 Å². The molecule has 8 heteroatoms. The lowest BCUT2D eigenvalue weighted by molar-refractivity contribution is 0.525. The number of aromatic nitrogens is 2. The highest BCUT2D eigenvalue weighted by molar-refractivity contribution is 6.33. The van der Waals surface area contributed by atoms with Gasteiger partial charge in [0.2, 0.25) is 0 Å². The Morgan fingerprint density at radius 3 is 2.57 bits per heavy atom. The average Bonchev–Trinajstić information content (AvgIpc) is 2.71. The van der Waals surface area contributed by atoms with Gasteiger partial charge in [-0.3, -0.25) is 4.79 Å². The number of nitrogens with one attached hydrogen (secondary N) is 1. The first-order chi connectivity index (χ1) is 14.4. The van der Waals surface area contributed by atoms with Crippen LogP contribution in [-0.4, -0.2) is 28.9 Å². The minimum atomic E-state index is -0.878. The number of benzene rings is 2. The minimum Gasteiger partial charge on any atom is -0.382 e. The Morgan fingerprint density at radius 2 is 1.87 bits per heavy atom. The molecule has 1 fully saturated rings. The van der Waals surface area contributed by atoms with Crippen molar-refractivity contribution in [1.29, 1.82) is 0 Å². The Bertz CT molecular complexity index is 1130. The van der Waals surface area contributed by atoms with E-state index >= 15 is 0 Å². The highest BCUT2D eigenvalue weighted by atomic mass is 35.5. The second-order valence-electron chi connectivity index (χ2n) is 7.43. The number of rotatable bonds is 4. The summed E-state index contributed by atoms with van der Waals surface area (Å²) >= 11 is 6.32. The first kappa shape index (κ1) is 20.3. The molecule has 3 aromatic rings. The van der Waals surface area contributed by atoms with Crippen molar-refractivity contribution in [1.82, 2.24) is 9.78 Å². The SMILES string of the molecule is Cc1cccc(NC2CCN(c3cnn(-c4ccc(F)cc4F)c(=O)c3Cl)CC2)c1. The summed E-state index contributed by atoms with van der Waals surface area (Å²) in [5, 5.41) is 7.59. The van der Waals surface area contributed by atoms with E-state index in [4.69, 9.17) is 11.6 Å². The molecule has 4 rings (SSSR count). The first-order valence-corrected chi connectivity index (χ1v) is 10.1. The molecule has 1 aliphatic heterocycles. The van der Waals surface area contributed by atoms with Crippen molar-refractivity contribution < 1.29 is 8.78 Å². The molecule has 1 saturated heterocycles. The second-order valence-corrected chi connectivity index (χ2v) is 7.81. The van der Waals surface area contributed by atoms with Crippen molar-refractivity contribution in [3.05, 3.63) is 81.2 Å². The predicted octanol–water partition coefficient (Wildman–Crippen LogP) is 4.55. The zero-order chi connectivity index (χ0) is 21.3. The van der Waals surface area contributed by atoms with Crippen LogP contribution in [0.1, 0.15) is 18.4 Å². The van der Waals surface area contributed by atoms with Crippen LogP contribution in [0.4, 0.5) is 20.2 Å². The fraction of sp³-hybridized carbons (Fsp3) is 0.273. The Balaban J connectivity index is 1.49. The number of halogens is 3. The van der Waals surface area contributed by atoms with Crippen LogP contribution in [0.2, 0.25) is 5.02 Å². The van der Waals surface area contributed by atoms with Gasteiger partial charge in [0.1, 0.15) is 16.5 Å². The predicted molar refractivity (Wildman–Crippen MR) is 115 cm³/mol. The Hall–Kier alpha value is -2.93. The summed E-state index contributed by atoms with van der Waals surface area (Å²) in [6.45, 7) is 3.47. The second kappa shape index (κ2) is 8.44. The molecular weight excluding hydrogens is 410 g/mol. The van der Waals surface area contributed by atoms with Gasteiger partial charge in [0.15, 0.2) is 5.82 Å².